The smallest absolute Gasteiger partial charge is 0.288 e. The number of nitrogen functional groups attached to an aromatic ring is 1. The summed E-state index contributed by atoms with van der Waals surface area (Å²) in [5, 5.41) is 9.40. The number of carbonyl (C=O) groups is 1. The molecule has 0 spiro atoms. The Balaban J connectivity index is 1.81. The standard InChI is InChI=1S/C13H21N5O/c1-12(2)7-4-5-13(3,6-7)10(12)16-9(19)8-15-11(14)18-17-8/h7,10H,4-6H2,1-3H3,(H,16,19)(H3,14,15,17,18). The van der Waals surface area contributed by atoms with Crippen LogP contribution in [0.3, 0.4) is 0 Å². The third kappa shape index (κ3) is 1.73. The van der Waals surface area contributed by atoms with E-state index in [-0.39, 0.29) is 34.6 Å². The number of fused-ring (bicyclic) bond motifs is 2. The number of nitrogens with one attached hydrogen (secondary N) is 2. The fraction of sp³-hybridized carbons (Fsp3) is 0.769. The van der Waals surface area contributed by atoms with Gasteiger partial charge in [-0.3, -0.25) is 9.89 Å². The monoisotopic (exact) mass is 263 g/mol. The van der Waals surface area contributed by atoms with E-state index in [0.29, 0.717) is 5.92 Å². The average Bonchev–Trinajstić information content (AvgIpc) is 2.96. The Hall–Kier alpha value is -1.59. The Labute approximate surface area is 112 Å². The molecule has 6 nitrogen and oxygen atoms in total. The first-order valence-electron chi connectivity index (χ1n) is 6.82. The largest absolute Gasteiger partial charge is 0.366 e. The highest BCUT2D eigenvalue weighted by Crippen LogP contribution is 2.62. The zero-order valence-electron chi connectivity index (χ0n) is 11.7. The lowest BCUT2D eigenvalue weighted by Crippen LogP contribution is -2.52. The van der Waals surface area contributed by atoms with Crippen molar-refractivity contribution in [3.05, 3.63) is 5.82 Å². The normalized spacial score (nSPS) is 35.5. The van der Waals surface area contributed by atoms with Crippen molar-refractivity contribution in [2.75, 3.05) is 5.73 Å². The van der Waals surface area contributed by atoms with Gasteiger partial charge in [0, 0.05) is 6.04 Å². The molecule has 1 heterocycles. The molecule has 3 atom stereocenters. The molecule has 19 heavy (non-hydrogen) atoms. The van der Waals surface area contributed by atoms with Gasteiger partial charge in [-0.05, 0) is 36.0 Å². The van der Waals surface area contributed by atoms with Gasteiger partial charge in [-0.15, -0.1) is 5.10 Å². The Morgan fingerprint density at radius 1 is 1.47 bits per heavy atom. The molecule has 4 N–H and O–H groups in total. The number of H-pyrrole nitrogens is 1. The summed E-state index contributed by atoms with van der Waals surface area (Å²) in [5.74, 6) is 0.780. The van der Waals surface area contributed by atoms with Gasteiger partial charge in [0.15, 0.2) is 0 Å². The minimum Gasteiger partial charge on any atom is -0.366 e. The highest BCUT2D eigenvalue weighted by molar-refractivity contribution is 5.91. The molecule has 104 valence electrons. The molecule has 1 amide bonds. The molecule has 2 bridgehead atoms. The second-order valence-corrected chi connectivity index (χ2v) is 6.86. The van der Waals surface area contributed by atoms with E-state index in [2.05, 4.69) is 41.3 Å². The van der Waals surface area contributed by atoms with Crippen molar-refractivity contribution < 1.29 is 4.79 Å². The average molecular weight is 263 g/mol. The second kappa shape index (κ2) is 3.71. The van der Waals surface area contributed by atoms with Crippen LogP contribution in [0.2, 0.25) is 0 Å². The van der Waals surface area contributed by atoms with Gasteiger partial charge in [0.2, 0.25) is 11.8 Å². The number of carbonyl (C=O) groups excluding carboxylic acids is 1. The number of rotatable bonds is 2. The molecule has 0 saturated heterocycles. The van der Waals surface area contributed by atoms with E-state index >= 15 is 0 Å². The zero-order chi connectivity index (χ0) is 13.8. The van der Waals surface area contributed by atoms with Gasteiger partial charge in [0.05, 0.1) is 0 Å². The number of hydrogen-bond donors (Lipinski definition) is 3. The molecule has 0 aromatic carbocycles. The first-order valence-corrected chi connectivity index (χ1v) is 6.82. The van der Waals surface area contributed by atoms with Crippen molar-refractivity contribution >= 4 is 11.9 Å². The number of nitrogens with two attached hydrogens (primary N) is 1. The minimum absolute atomic E-state index is 0.101. The maximum atomic E-state index is 12.2. The fourth-order valence-corrected chi connectivity index (χ4v) is 4.24. The van der Waals surface area contributed by atoms with Crippen LogP contribution in [0.25, 0.3) is 0 Å². The molecule has 2 aliphatic rings. The molecule has 6 heteroatoms. The summed E-state index contributed by atoms with van der Waals surface area (Å²) in [7, 11) is 0. The van der Waals surface area contributed by atoms with Crippen molar-refractivity contribution in [2.24, 2.45) is 16.7 Å². The summed E-state index contributed by atoms with van der Waals surface area (Å²) in [4.78, 5) is 16.1. The van der Waals surface area contributed by atoms with Crippen LogP contribution in [0.4, 0.5) is 5.95 Å². The van der Waals surface area contributed by atoms with Gasteiger partial charge < -0.3 is 11.1 Å². The summed E-state index contributed by atoms with van der Waals surface area (Å²) in [6.07, 6.45) is 3.65. The minimum atomic E-state index is -0.212. The first-order chi connectivity index (χ1) is 8.83. The van der Waals surface area contributed by atoms with Gasteiger partial charge in [-0.1, -0.05) is 20.8 Å². The predicted molar refractivity (Wildman–Crippen MR) is 71.3 cm³/mol. The lowest BCUT2D eigenvalue weighted by Gasteiger charge is -2.42. The van der Waals surface area contributed by atoms with Crippen LogP contribution in [0, 0.1) is 16.7 Å². The van der Waals surface area contributed by atoms with Crippen molar-refractivity contribution in [3.63, 3.8) is 0 Å². The third-order valence-corrected chi connectivity index (χ3v) is 5.26. The summed E-state index contributed by atoms with van der Waals surface area (Å²) in [6, 6.07) is 0.178. The Morgan fingerprint density at radius 2 is 2.21 bits per heavy atom. The van der Waals surface area contributed by atoms with Crippen LogP contribution in [-0.4, -0.2) is 27.1 Å². The molecular weight excluding hydrogens is 242 g/mol. The van der Waals surface area contributed by atoms with E-state index < -0.39 is 0 Å². The highest BCUT2D eigenvalue weighted by atomic mass is 16.2. The summed E-state index contributed by atoms with van der Waals surface area (Å²) in [5.41, 5.74) is 5.77. The van der Waals surface area contributed by atoms with E-state index in [0.717, 1.165) is 0 Å². The lowest BCUT2D eigenvalue weighted by molar-refractivity contribution is 0.0729. The maximum absolute atomic E-state index is 12.2. The Morgan fingerprint density at radius 3 is 2.74 bits per heavy atom. The van der Waals surface area contributed by atoms with Crippen molar-refractivity contribution in [1.82, 2.24) is 20.5 Å². The number of aromatic amines is 1. The lowest BCUT2D eigenvalue weighted by atomic mass is 9.68. The quantitative estimate of drug-likeness (QED) is 0.750. The van der Waals surface area contributed by atoms with E-state index in [1.165, 1.54) is 19.3 Å². The number of aromatic nitrogens is 3. The fourth-order valence-electron chi connectivity index (χ4n) is 4.24. The summed E-state index contributed by atoms with van der Waals surface area (Å²) < 4.78 is 0. The number of hydrogen-bond acceptors (Lipinski definition) is 4. The molecule has 2 fully saturated rings. The number of amides is 1. The van der Waals surface area contributed by atoms with E-state index in [1.807, 2.05) is 0 Å². The molecule has 2 aliphatic carbocycles. The van der Waals surface area contributed by atoms with Gasteiger partial charge in [-0.2, -0.15) is 4.98 Å². The molecule has 3 unspecified atom stereocenters. The van der Waals surface area contributed by atoms with Crippen LogP contribution >= 0.6 is 0 Å². The molecule has 0 radical (unpaired) electrons. The van der Waals surface area contributed by atoms with E-state index in [9.17, 15) is 4.79 Å². The molecule has 0 aliphatic heterocycles. The molecule has 1 aromatic heterocycles. The molecule has 1 aromatic rings. The van der Waals surface area contributed by atoms with Gasteiger partial charge >= 0.3 is 0 Å². The Bertz CT molecular complexity index is 518. The molecule has 2 saturated carbocycles. The van der Waals surface area contributed by atoms with Gasteiger partial charge in [0.1, 0.15) is 0 Å². The topological polar surface area (TPSA) is 96.7 Å². The summed E-state index contributed by atoms with van der Waals surface area (Å²) >= 11 is 0. The van der Waals surface area contributed by atoms with Crippen molar-refractivity contribution in [3.8, 4) is 0 Å². The van der Waals surface area contributed by atoms with Gasteiger partial charge in [-0.25, -0.2) is 0 Å². The highest BCUT2D eigenvalue weighted by Gasteiger charge is 2.59. The van der Waals surface area contributed by atoms with E-state index in [4.69, 9.17) is 5.73 Å². The summed E-state index contributed by atoms with van der Waals surface area (Å²) in [6.45, 7) is 6.78. The van der Waals surface area contributed by atoms with Crippen LogP contribution in [0.1, 0.15) is 50.7 Å². The van der Waals surface area contributed by atoms with Crippen molar-refractivity contribution in [2.45, 2.75) is 46.1 Å². The van der Waals surface area contributed by atoms with Gasteiger partial charge in [0.25, 0.3) is 5.91 Å². The van der Waals surface area contributed by atoms with Crippen LogP contribution in [0.5, 0.6) is 0 Å². The van der Waals surface area contributed by atoms with Crippen LogP contribution in [-0.2, 0) is 0 Å². The molecular formula is C13H21N5O. The third-order valence-electron chi connectivity index (χ3n) is 5.26. The van der Waals surface area contributed by atoms with E-state index in [1.54, 1.807) is 0 Å². The van der Waals surface area contributed by atoms with Crippen molar-refractivity contribution in [1.29, 1.82) is 0 Å². The van der Waals surface area contributed by atoms with Crippen LogP contribution in [0.15, 0.2) is 0 Å². The Kier molecular flexibility index (Phi) is 2.43. The van der Waals surface area contributed by atoms with Crippen LogP contribution < -0.4 is 11.1 Å². The second-order valence-electron chi connectivity index (χ2n) is 6.86. The maximum Gasteiger partial charge on any atom is 0.288 e. The first kappa shape index (κ1) is 12.4. The number of anilines is 1. The zero-order valence-corrected chi connectivity index (χ0v) is 11.7. The molecule has 3 rings (SSSR count). The predicted octanol–water partition coefficient (Wildman–Crippen LogP) is 1.33. The number of nitrogens with zero attached hydrogens (tertiary/aromatic N) is 2. The SMILES string of the molecule is CC12CCC(C1)C(C)(C)C2NC(=O)c1nc(N)n[nH]1.